The van der Waals surface area contributed by atoms with Gasteiger partial charge in [-0.3, -0.25) is 4.79 Å². The number of aryl methyl sites for hydroxylation is 1. The average molecular weight is 338 g/mol. The molecule has 0 bridgehead atoms. The molecule has 0 aromatic carbocycles. The van der Waals surface area contributed by atoms with Gasteiger partial charge in [0, 0.05) is 52.7 Å². The van der Waals surface area contributed by atoms with E-state index in [1.165, 1.54) is 0 Å². The fourth-order valence-electron chi connectivity index (χ4n) is 4.04. The molecule has 0 aliphatic carbocycles. The molecule has 1 amide bonds. The number of anilines is 1. The van der Waals surface area contributed by atoms with E-state index >= 15 is 0 Å². The smallest absolute Gasteiger partial charge is 0.266 e. The van der Waals surface area contributed by atoms with Gasteiger partial charge in [-0.25, -0.2) is 0 Å². The first kappa shape index (κ1) is 17.2. The summed E-state index contributed by atoms with van der Waals surface area (Å²) in [5, 5.41) is 13.9. The first-order chi connectivity index (χ1) is 11.6. The summed E-state index contributed by atoms with van der Waals surface area (Å²) in [6, 6.07) is 0. The van der Waals surface area contributed by atoms with Crippen LogP contribution in [0, 0.1) is 18.3 Å². The van der Waals surface area contributed by atoms with Gasteiger partial charge in [-0.15, -0.1) is 0 Å². The molecule has 0 saturated carbocycles. The standard InChI is InChI=1S/C16H26N4O4/c1-12-17-15(18-24-12)20-8-5-16(13(9-20)10-21)3-6-19(7-4-16)14(22)11-23-2/h13,21H,3-11H2,1-2H3/t13-/m0/s1. The van der Waals surface area contributed by atoms with Crippen LogP contribution in [-0.2, 0) is 9.53 Å². The Morgan fingerprint density at radius 3 is 2.67 bits per heavy atom. The van der Waals surface area contributed by atoms with Crippen molar-refractivity contribution in [1.29, 1.82) is 0 Å². The third-order valence-electron chi connectivity index (χ3n) is 5.59. The molecule has 1 spiro atoms. The third kappa shape index (κ3) is 3.25. The Labute approximate surface area is 141 Å². The van der Waals surface area contributed by atoms with E-state index in [0.29, 0.717) is 11.8 Å². The fraction of sp³-hybridized carbons (Fsp3) is 0.812. The zero-order valence-corrected chi connectivity index (χ0v) is 14.4. The summed E-state index contributed by atoms with van der Waals surface area (Å²) < 4.78 is 10.0. The fourth-order valence-corrected chi connectivity index (χ4v) is 4.04. The molecule has 0 unspecified atom stereocenters. The highest BCUT2D eigenvalue weighted by atomic mass is 16.5. The summed E-state index contributed by atoms with van der Waals surface area (Å²) in [7, 11) is 1.54. The molecule has 8 nitrogen and oxygen atoms in total. The lowest BCUT2D eigenvalue weighted by atomic mass is 9.64. The molecule has 1 aromatic rings. The summed E-state index contributed by atoms with van der Waals surface area (Å²) in [6.07, 6.45) is 2.82. The molecule has 2 aliphatic heterocycles. The lowest BCUT2D eigenvalue weighted by molar-refractivity contribution is -0.138. The number of methoxy groups -OCH3 is 1. The van der Waals surface area contributed by atoms with E-state index in [2.05, 4.69) is 15.0 Å². The second kappa shape index (κ2) is 7.06. The molecule has 24 heavy (non-hydrogen) atoms. The molecule has 1 atom stereocenters. The number of hydrogen-bond acceptors (Lipinski definition) is 7. The molecule has 3 rings (SSSR count). The Morgan fingerprint density at radius 1 is 1.38 bits per heavy atom. The largest absolute Gasteiger partial charge is 0.396 e. The third-order valence-corrected chi connectivity index (χ3v) is 5.59. The number of aromatic nitrogens is 2. The molecule has 2 aliphatic rings. The van der Waals surface area contributed by atoms with Gasteiger partial charge in [-0.05, 0) is 29.8 Å². The number of rotatable bonds is 4. The van der Waals surface area contributed by atoms with Gasteiger partial charge in [0.1, 0.15) is 6.61 Å². The predicted molar refractivity (Wildman–Crippen MR) is 86.6 cm³/mol. The molecule has 2 saturated heterocycles. The van der Waals surface area contributed by atoms with Gasteiger partial charge in [0.15, 0.2) is 0 Å². The Balaban J connectivity index is 1.64. The number of piperidine rings is 2. The van der Waals surface area contributed by atoms with Gasteiger partial charge >= 0.3 is 0 Å². The SMILES string of the molecule is COCC(=O)N1CCC2(CC1)CCN(c1noc(C)n1)C[C@H]2CO. The van der Waals surface area contributed by atoms with E-state index in [1.54, 1.807) is 14.0 Å². The number of aliphatic hydroxyl groups excluding tert-OH is 1. The number of carbonyl (C=O) groups is 1. The second-order valence-corrected chi connectivity index (χ2v) is 6.87. The van der Waals surface area contributed by atoms with Crippen molar-refractivity contribution in [2.75, 3.05) is 51.4 Å². The highest BCUT2D eigenvalue weighted by Gasteiger charge is 2.45. The average Bonchev–Trinajstić information content (AvgIpc) is 3.02. The van der Waals surface area contributed by atoms with Crippen LogP contribution in [0.1, 0.15) is 25.2 Å². The van der Waals surface area contributed by atoms with Crippen molar-refractivity contribution < 1.29 is 19.2 Å². The van der Waals surface area contributed by atoms with E-state index < -0.39 is 0 Å². The number of hydrogen-bond donors (Lipinski definition) is 1. The van der Waals surface area contributed by atoms with Crippen LogP contribution < -0.4 is 4.90 Å². The van der Waals surface area contributed by atoms with Crippen LogP contribution in [0.3, 0.4) is 0 Å². The summed E-state index contributed by atoms with van der Waals surface area (Å²) in [5.41, 5.74) is 0.0912. The maximum absolute atomic E-state index is 12.0. The minimum atomic E-state index is 0.0487. The second-order valence-electron chi connectivity index (χ2n) is 6.87. The van der Waals surface area contributed by atoms with E-state index in [4.69, 9.17) is 9.26 Å². The lowest BCUT2D eigenvalue weighted by Crippen LogP contribution is -2.54. The van der Waals surface area contributed by atoms with Crippen molar-refractivity contribution >= 4 is 11.9 Å². The topological polar surface area (TPSA) is 91.9 Å². The minimum absolute atomic E-state index is 0.0487. The molecule has 1 N–H and O–H groups in total. The first-order valence-corrected chi connectivity index (χ1v) is 8.51. The first-order valence-electron chi connectivity index (χ1n) is 8.51. The van der Waals surface area contributed by atoms with Crippen LogP contribution in [0.15, 0.2) is 4.52 Å². The normalized spacial score (nSPS) is 23.7. The summed E-state index contributed by atoms with van der Waals surface area (Å²) in [6.45, 7) is 5.10. The summed E-state index contributed by atoms with van der Waals surface area (Å²) in [5.74, 6) is 1.36. The zero-order chi connectivity index (χ0) is 17.2. The summed E-state index contributed by atoms with van der Waals surface area (Å²) in [4.78, 5) is 20.2. The van der Waals surface area contributed by atoms with Gasteiger partial charge in [0.05, 0.1) is 0 Å². The predicted octanol–water partition coefficient (Wildman–Crippen LogP) is 0.452. The van der Waals surface area contributed by atoms with E-state index in [0.717, 1.165) is 45.4 Å². The number of ether oxygens (including phenoxy) is 1. The van der Waals surface area contributed by atoms with Crippen molar-refractivity contribution in [3.63, 3.8) is 0 Å². The molecule has 1 aromatic heterocycles. The molecular weight excluding hydrogens is 312 g/mol. The highest BCUT2D eigenvalue weighted by molar-refractivity contribution is 5.77. The number of amides is 1. The van der Waals surface area contributed by atoms with Crippen LogP contribution in [0.5, 0.6) is 0 Å². The van der Waals surface area contributed by atoms with Crippen molar-refractivity contribution in [2.45, 2.75) is 26.2 Å². The summed E-state index contributed by atoms with van der Waals surface area (Å²) >= 11 is 0. The van der Waals surface area contributed by atoms with Crippen LogP contribution in [-0.4, -0.2) is 72.6 Å². The van der Waals surface area contributed by atoms with E-state index in [1.807, 2.05) is 4.90 Å². The highest BCUT2D eigenvalue weighted by Crippen LogP contribution is 2.45. The Morgan fingerprint density at radius 2 is 2.08 bits per heavy atom. The van der Waals surface area contributed by atoms with Gasteiger partial charge in [0.2, 0.25) is 11.8 Å². The number of likely N-dealkylation sites (tertiary alicyclic amines) is 1. The van der Waals surface area contributed by atoms with Gasteiger partial charge in [-0.2, -0.15) is 4.98 Å². The molecule has 2 fully saturated rings. The monoisotopic (exact) mass is 338 g/mol. The minimum Gasteiger partial charge on any atom is -0.396 e. The van der Waals surface area contributed by atoms with Crippen LogP contribution in [0.25, 0.3) is 0 Å². The number of aliphatic hydroxyl groups is 1. The molecule has 3 heterocycles. The van der Waals surface area contributed by atoms with Crippen molar-refractivity contribution in [1.82, 2.24) is 15.0 Å². The number of nitrogens with zero attached hydrogens (tertiary/aromatic N) is 4. The van der Waals surface area contributed by atoms with E-state index in [9.17, 15) is 9.90 Å². The van der Waals surface area contributed by atoms with Crippen molar-refractivity contribution in [2.24, 2.45) is 11.3 Å². The molecule has 8 heteroatoms. The van der Waals surface area contributed by atoms with E-state index in [-0.39, 0.29) is 30.5 Å². The molecular formula is C16H26N4O4. The van der Waals surface area contributed by atoms with Crippen LogP contribution >= 0.6 is 0 Å². The van der Waals surface area contributed by atoms with Gasteiger partial charge in [-0.1, -0.05) is 0 Å². The van der Waals surface area contributed by atoms with Gasteiger partial charge < -0.3 is 24.2 Å². The zero-order valence-electron chi connectivity index (χ0n) is 14.4. The Kier molecular flexibility index (Phi) is 5.05. The quantitative estimate of drug-likeness (QED) is 0.852. The molecule has 134 valence electrons. The van der Waals surface area contributed by atoms with Crippen molar-refractivity contribution in [3.8, 4) is 0 Å². The van der Waals surface area contributed by atoms with Crippen LogP contribution in [0.4, 0.5) is 5.95 Å². The maximum Gasteiger partial charge on any atom is 0.266 e. The molecule has 0 radical (unpaired) electrons. The lowest BCUT2D eigenvalue weighted by Gasteiger charge is -2.51. The van der Waals surface area contributed by atoms with Crippen LogP contribution in [0.2, 0.25) is 0 Å². The Hall–Kier alpha value is -1.67. The Bertz CT molecular complexity index is 568. The van der Waals surface area contributed by atoms with Crippen molar-refractivity contribution in [3.05, 3.63) is 5.89 Å². The number of carbonyl (C=O) groups excluding carboxylic acids is 1. The van der Waals surface area contributed by atoms with Gasteiger partial charge in [0.25, 0.3) is 5.95 Å². The maximum atomic E-state index is 12.0.